The van der Waals surface area contributed by atoms with Crippen LogP contribution in [0.15, 0.2) is 12.1 Å². The summed E-state index contributed by atoms with van der Waals surface area (Å²) in [4.78, 5) is 14.5. The minimum atomic E-state index is -1.16. The van der Waals surface area contributed by atoms with Crippen LogP contribution in [0.2, 0.25) is 5.02 Å². The molecule has 15 heavy (non-hydrogen) atoms. The summed E-state index contributed by atoms with van der Waals surface area (Å²) < 4.78 is 0. The molecule has 0 fully saturated rings. The molecule has 0 aliphatic rings. The maximum absolute atomic E-state index is 10.7. The summed E-state index contributed by atoms with van der Waals surface area (Å²) in [5, 5.41) is 20.3. The van der Waals surface area contributed by atoms with Crippen molar-refractivity contribution in [3.63, 3.8) is 0 Å². The molecule has 0 aliphatic heterocycles. The summed E-state index contributed by atoms with van der Waals surface area (Å²) in [5.74, 6) is -0.726. The first kappa shape index (κ1) is 11.7. The van der Waals surface area contributed by atoms with E-state index >= 15 is 0 Å². The maximum Gasteiger partial charge on any atom is 0.356 e. The molecule has 5 nitrogen and oxygen atoms in total. The Kier molecular flexibility index (Phi) is 4.33. The second-order valence-corrected chi connectivity index (χ2v) is 3.24. The molecule has 0 amide bonds. The predicted molar refractivity (Wildman–Crippen MR) is 56.4 cm³/mol. The summed E-state index contributed by atoms with van der Waals surface area (Å²) >= 11 is 5.64. The number of hydrogen-bond acceptors (Lipinski definition) is 4. The molecule has 3 N–H and O–H groups in total. The molecule has 82 valence electrons. The van der Waals surface area contributed by atoms with Crippen LogP contribution in [0, 0.1) is 0 Å². The van der Waals surface area contributed by atoms with Gasteiger partial charge in [-0.3, -0.25) is 0 Å². The van der Waals surface area contributed by atoms with Crippen LogP contribution in [-0.2, 0) is 0 Å². The Morgan fingerprint density at radius 2 is 2.27 bits per heavy atom. The highest BCUT2D eigenvalue weighted by Gasteiger charge is 2.10. The van der Waals surface area contributed by atoms with Crippen LogP contribution in [0.5, 0.6) is 0 Å². The second-order valence-electron chi connectivity index (χ2n) is 2.84. The Morgan fingerprint density at radius 3 is 2.87 bits per heavy atom. The van der Waals surface area contributed by atoms with Crippen LogP contribution in [0.4, 0.5) is 5.82 Å². The van der Waals surface area contributed by atoms with Crippen molar-refractivity contribution in [2.24, 2.45) is 0 Å². The lowest BCUT2D eigenvalue weighted by Gasteiger charge is -2.05. The second kappa shape index (κ2) is 5.53. The molecule has 1 rings (SSSR count). The van der Waals surface area contributed by atoms with Crippen LogP contribution in [0.3, 0.4) is 0 Å². The number of carbonyl (C=O) groups is 1. The summed E-state index contributed by atoms with van der Waals surface area (Å²) in [7, 11) is 0. The summed E-state index contributed by atoms with van der Waals surface area (Å²) in [5.41, 5.74) is -0.175. The first-order valence-corrected chi connectivity index (χ1v) is 4.77. The molecular weight excluding hydrogens is 220 g/mol. The normalized spacial score (nSPS) is 10.0. The van der Waals surface area contributed by atoms with E-state index in [0.29, 0.717) is 18.8 Å². The molecule has 0 unspecified atom stereocenters. The number of halogens is 1. The number of aromatic carboxylic acids is 1. The van der Waals surface area contributed by atoms with Crippen molar-refractivity contribution in [3.05, 3.63) is 22.8 Å². The molecule has 6 heteroatoms. The van der Waals surface area contributed by atoms with E-state index in [-0.39, 0.29) is 17.3 Å². The van der Waals surface area contributed by atoms with Gasteiger partial charge in [-0.25, -0.2) is 9.78 Å². The Labute approximate surface area is 91.7 Å². The zero-order valence-electron chi connectivity index (χ0n) is 7.90. The van der Waals surface area contributed by atoms with Gasteiger partial charge in [-0.15, -0.1) is 0 Å². The van der Waals surface area contributed by atoms with Crippen molar-refractivity contribution >= 4 is 23.4 Å². The third-order valence-electron chi connectivity index (χ3n) is 1.69. The number of hydrogen-bond donors (Lipinski definition) is 3. The Hall–Kier alpha value is -1.33. The zero-order valence-corrected chi connectivity index (χ0v) is 8.66. The fourth-order valence-electron chi connectivity index (χ4n) is 0.986. The van der Waals surface area contributed by atoms with Gasteiger partial charge in [-0.05, 0) is 18.6 Å². The highest BCUT2D eigenvalue weighted by molar-refractivity contribution is 6.33. The molecule has 1 heterocycles. The van der Waals surface area contributed by atoms with Crippen molar-refractivity contribution in [2.45, 2.75) is 6.42 Å². The Balaban J connectivity index is 2.74. The molecular formula is C9H11ClN2O3. The molecule has 1 aromatic heterocycles. The van der Waals surface area contributed by atoms with E-state index in [0.717, 1.165) is 0 Å². The number of nitrogens with zero attached hydrogens (tertiary/aromatic N) is 1. The number of rotatable bonds is 5. The molecule has 0 saturated heterocycles. The number of nitrogens with one attached hydrogen (secondary N) is 1. The quantitative estimate of drug-likeness (QED) is 0.663. The van der Waals surface area contributed by atoms with E-state index in [1.807, 2.05) is 0 Å². The monoisotopic (exact) mass is 230 g/mol. The van der Waals surface area contributed by atoms with Gasteiger partial charge in [0.25, 0.3) is 0 Å². The van der Waals surface area contributed by atoms with E-state index in [1.54, 1.807) is 6.07 Å². The lowest BCUT2D eigenvalue weighted by Crippen LogP contribution is -2.08. The average Bonchev–Trinajstić information content (AvgIpc) is 2.20. The maximum atomic E-state index is 10.7. The van der Waals surface area contributed by atoms with Gasteiger partial charge >= 0.3 is 5.97 Å². The number of carboxylic acids is 1. The fraction of sp³-hybridized carbons (Fsp3) is 0.333. The fourth-order valence-corrected chi connectivity index (χ4v) is 1.17. The third kappa shape index (κ3) is 3.38. The van der Waals surface area contributed by atoms with Gasteiger partial charge in [0.1, 0.15) is 5.82 Å². The molecule has 0 spiro atoms. The number of aromatic nitrogens is 1. The van der Waals surface area contributed by atoms with Crippen molar-refractivity contribution in [1.82, 2.24) is 4.98 Å². The smallest absolute Gasteiger partial charge is 0.356 e. The third-order valence-corrected chi connectivity index (χ3v) is 1.99. The predicted octanol–water partition coefficient (Wildman–Crippen LogP) is 1.23. The Morgan fingerprint density at radius 1 is 1.53 bits per heavy atom. The number of carboxylic acid groups (broad SMARTS) is 1. The highest BCUT2D eigenvalue weighted by Crippen LogP contribution is 2.16. The van der Waals surface area contributed by atoms with Crippen LogP contribution in [0.1, 0.15) is 16.9 Å². The standard InChI is InChI=1S/C9H11ClN2O3/c10-6-2-3-7(11-4-1-5-13)12-8(6)9(14)15/h2-3,13H,1,4-5H2,(H,11,12)(H,14,15). The van der Waals surface area contributed by atoms with E-state index < -0.39 is 5.97 Å². The van der Waals surface area contributed by atoms with Crippen molar-refractivity contribution < 1.29 is 15.0 Å². The topological polar surface area (TPSA) is 82.5 Å². The lowest BCUT2D eigenvalue weighted by molar-refractivity contribution is 0.0691. The van der Waals surface area contributed by atoms with Gasteiger partial charge in [0.15, 0.2) is 5.69 Å². The SMILES string of the molecule is O=C(O)c1nc(NCCCO)ccc1Cl. The summed E-state index contributed by atoms with van der Waals surface area (Å²) in [6.45, 7) is 0.608. The zero-order chi connectivity index (χ0) is 11.3. The average molecular weight is 231 g/mol. The summed E-state index contributed by atoms with van der Waals surface area (Å²) in [6.07, 6.45) is 0.576. The van der Waals surface area contributed by atoms with Gasteiger partial charge < -0.3 is 15.5 Å². The molecule has 0 radical (unpaired) electrons. The molecule has 1 aromatic rings. The molecule has 0 aromatic carbocycles. The van der Waals surface area contributed by atoms with E-state index in [9.17, 15) is 4.79 Å². The van der Waals surface area contributed by atoms with Crippen LogP contribution < -0.4 is 5.32 Å². The highest BCUT2D eigenvalue weighted by atomic mass is 35.5. The van der Waals surface area contributed by atoms with Crippen molar-refractivity contribution in [1.29, 1.82) is 0 Å². The number of aliphatic hydroxyl groups is 1. The van der Waals surface area contributed by atoms with E-state index in [2.05, 4.69) is 10.3 Å². The molecule has 0 saturated carbocycles. The summed E-state index contributed by atoms with van der Waals surface area (Å²) in [6, 6.07) is 3.06. The number of anilines is 1. The first-order chi connectivity index (χ1) is 7.15. The van der Waals surface area contributed by atoms with Crippen LogP contribution >= 0.6 is 11.6 Å². The van der Waals surface area contributed by atoms with Crippen LogP contribution in [-0.4, -0.2) is 34.3 Å². The van der Waals surface area contributed by atoms with Crippen molar-refractivity contribution in [3.8, 4) is 0 Å². The van der Waals surface area contributed by atoms with Crippen molar-refractivity contribution in [2.75, 3.05) is 18.5 Å². The molecule has 0 atom stereocenters. The largest absolute Gasteiger partial charge is 0.476 e. The molecule has 0 aliphatic carbocycles. The van der Waals surface area contributed by atoms with Gasteiger partial charge in [-0.2, -0.15) is 0 Å². The first-order valence-electron chi connectivity index (χ1n) is 4.39. The van der Waals surface area contributed by atoms with Gasteiger partial charge in [0.2, 0.25) is 0 Å². The molecule has 0 bridgehead atoms. The number of pyridine rings is 1. The van der Waals surface area contributed by atoms with Gasteiger partial charge in [0, 0.05) is 13.2 Å². The van der Waals surface area contributed by atoms with E-state index in [4.69, 9.17) is 21.8 Å². The Bertz CT molecular complexity index is 357. The van der Waals surface area contributed by atoms with Crippen LogP contribution in [0.25, 0.3) is 0 Å². The van der Waals surface area contributed by atoms with Gasteiger partial charge in [0.05, 0.1) is 5.02 Å². The lowest BCUT2D eigenvalue weighted by atomic mass is 10.3. The van der Waals surface area contributed by atoms with E-state index in [1.165, 1.54) is 6.07 Å². The van der Waals surface area contributed by atoms with Gasteiger partial charge in [-0.1, -0.05) is 11.6 Å². The minimum Gasteiger partial charge on any atom is -0.476 e. The minimum absolute atomic E-state index is 0.0758. The number of aliphatic hydroxyl groups excluding tert-OH is 1.